The summed E-state index contributed by atoms with van der Waals surface area (Å²) in [7, 11) is 1.81. The third-order valence-electron chi connectivity index (χ3n) is 8.74. The zero-order valence-corrected chi connectivity index (χ0v) is 23.3. The molecule has 0 N–H and O–H groups in total. The number of alkyl halides is 3. The van der Waals surface area contributed by atoms with Crippen LogP contribution < -0.4 is 4.74 Å². The molecule has 0 aromatic heterocycles. The molecule has 1 amide bonds. The molecule has 0 saturated heterocycles. The van der Waals surface area contributed by atoms with Crippen LogP contribution in [0.4, 0.5) is 13.2 Å². The van der Waals surface area contributed by atoms with Gasteiger partial charge in [0, 0.05) is 32.4 Å². The molecule has 2 saturated carbocycles. The van der Waals surface area contributed by atoms with Crippen LogP contribution in [0, 0.1) is 5.92 Å². The van der Waals surface area contributed by atoms with Crippen LogP contribution in [-0.2, 0) is 27.6 Å². The van der Waals surface area contributed by atoms with Crippen LogP contribution in [0.25, 0.3) is 0 Å². The van der Waals surface area contributed by atoms with E-state index in [1.165, 1.54) is 12.1 Å². The largest absolute Gasteiger partial charge is 0.486 e. The van der Waals surface area contributed by atoms with Crippen LogP contribution in [0.15, 0.2) is 78.9 Å². The molecule has 2 aliphatic rings. The van der Waals surface area contributed by atoms with E-state index in [9.17, 15) is 22.8 Å². The van der Waals surface area contributed by atoms with Gasteiger partial charge in [-0.25, -0.2) is 0 Å². The average molecular weight is 564 g/mol. The van der Waals surface area contributed by atoms with Crippen molar-refractivity contribution in [2.45, 2.75) is 69.1 Å². The van der Waals surface area contributed by atoms with Gasteiger partial charge in [0.2, 0.25) is 5.91 Å². The Balaban J connectivity index is 1.26. The molecular formula is C34H36F3NO3. The number of hydrogen-bond donors (Lipinski definition) is 0. The summed E-state index contributed by atoms with van der Waals surface area (Å²) in [5.41, 5.74) is 1.77. The van der Waals surface area contributed by atoms with Gasteiger partial charge in [0.25, 0.3) is 0 Å². The minimum Gasteiger partial charge on any atom is -0.486 e. The molecule has 0 bridgehead atoms. The molecule has 2 aliphatic carbocycles. The molecule has 7 heteroatoms. The Morgan fingerprint density at radius 3 is 2.22 bits per heavy atom. The maximum absolute atomic E-state index is 13.8. The Labute approximate surface area is 239 Å². The van der Waals surface area contributed by atoms with Crippen LogP contribution in [-0.4, -0.2) is 30.2 Å². The van der Waals surface area contributed by atoms with Crippen molar-refractivity contribution in [3.8, 4) is 5.75 Å². The SMILES string of the molecule is CN(CCC(Oc1ccc(C(F)(F)F)cc1)c1ccccc1)C(=O)C1(c2ccc(CC3CCCC3=O)cc2)CCC1. The van der Waals surface area contributed by atoms with E-state index in [2.05, 4.69) is 24.3 Å². The predicted octanol–water partition coefficient (Wildman–Crippen LogP) is 7.71. The summed E-state index contributed by atoms with van der Waals surface area (Å²) in [4.78, 5) is 27.7. The number of carbonyl (C=O) groups excluding carboxylic acids is 2. The molecular weight excluding hydrogens is 527 g/mol. The van der Waals surface area contributed by atoms with Crippen LogP contribution in [0.3, 0.4) is 0 Å². The zero-order chi connectivity index (χ0) is 29.0. The fourth-order valence-corrected chi connectivity index (χ4v) is 6.13. The highest BCUT2D eigenvalue weighted by atomic mass is 19.4. The van der Waals surface area contributed by atoms with E-state index in [-0.39, 0.29) is 11.8 Å². The lowest BCUT2D eigenvalue weighted by molar-refractivity contribution is -0.140. The molecule has 2 fully saturated rings. The molecule has 41 heavy (non-hydrogen) atoms. The van der Waals surface area contributed by atoms with Crippen molar-refractivity contribution in [1.29, 1.82) is 0 Å². The second kappa shape index (κ2) is 12.1. The van der Waals surface area contributed by atoms with Gasteiger partial charge in [-0.1, -0.05) is 61.0 Å². The van der Waals surface area contributed by atoms with Crippen LogP contribution in [0.5, 0.6) is 5.75 Å². The molecule has 0 radical (unpaired) electrons. The Kier molecular flexibility index (Phi) is 8.52. The van der Waals surface area contributed by atoms with E-state index >= 15 is 0 Å². The highest BCUT2D eigenvalue weighted by Crippen LogP contribution is 2.45. The Morgan fingerprint density at radius 2 is 1.66 bits per heavy atom. The maximum atomic E-state index is 13.8. The fraction of sp³-hybridized carbons (Fsp3) is 0.412. The second-order valence-electron chi connectivity index (χ2n) is 11.4. The topological polar surface area (TPSA) is 46.6 Å². The van der Waals surface area contributed by atoms with Crippen molar-refractivity contribution in [3.05, 3.63) is 101 Å². The molecule has 5 rings (SSSR count). The first-order valence-corrected chi connectivity index (χ1v) is 14.4. The molecule has 0 heterocycles. The van der Waals surface area contributed by atoms with E-state index in [1.54, 1.807) is 4.90 Å². The standard InChI is InChI=1S/C34H36F3NO3/c1-38(22-19-31(25-7-3-2-4-8-25)41-29-17-15-28(16-18-29)34(35,36)37)32(40)33(20-6-21-33)27-13-11-24(12-14-27)23-26-9-5-10-30(26)39/h2-4,7-8,11-18,26,31H,5-6,9-10,19-23H2,1H3. The number of Topliss-reactive ketones (excluding diaryl/α,β-unsaturated/α-hetero) is 1. The Hall–Kier alpha value is -3.61. The van der Waals surface area contributed by atoms with Crippen molar-refractivity contribution >= 4 is 11.7 Å². The second-order valence-corrected chi connectivity index (χ2v) is 11.4. The fourth-order valence-electron chi connectivity index (χ4n) is 6.13. The molecule has 3 aromatic rings. The molecule has 3 aromatic carbocycles. The van der Waals surface area contributed by atoms with Gasteiger partial charge in [0.1, 0.15) is 17.6 Å². The lowest BCUT2D eigenvalue weighted by Gasteiger charge is -2.43. The third kappa shape index (κ3) is 6.50. The summed E-state index contributed by atoms with van der Waals surface area (Å²) in [5.74, 6) is 0.894. The first-order chi connectivity index (χ1) is 19.7. The summed E-state index contributed by atoms with van der Waals surface area (Å²) in [6, 6.07) is 22.5. The summed E-state index contributed by atoms with van der Waals surface area (Å²) in [6.07, 6.45) is 1.60. The molecule has 216 valence electrons. The first kappa shape index (κ1) is 28.9. The van der Waals surface area contributed by atoms with Crippen LogP contribution in [0.2, 0.25) is 0 Å². The van der Waals surface area contributed by atoms with Gasteiger partial charge in [0.05, 0.1) is 11.0 Å². The van der Waals surface area contributed by atoms with Gasteiger partial charge < -0.3 is 9.64 Å². The van der Waals surface area contributed by atoms with Gasteiger partial charge in [-0.3, -0.25) is 9.59 Å². The maximum Gasteiger partial charge on any atom is 0.416 e. The summed E-state index contributed by atoms with van der Waals surface area (Å²) in [5, 5.41) is 0. The Bertz CT molecular complexity index is 1330. The molecule has 2 unspecified atom stereocenters. The Morgan fingerprint density at radius 1 is 0.976 bits per heavy atom. The van der Waals surface area contributed by atoms with Crippen molar-refractivity contribution in [2.24, 2.45) is 5.92 Å². The number of carbonyl (C=O) groups is 2. The van der Waals surface area contributed by atoms with E-state index in [4.69, 9.17) is 4.74 Å². The van der Waals surface area contributed by atoms with Gasteiger partial charge in [0.15, 0.2) is 0 Å². The van der Waals surface area contributed by atoms with E-state index in [1.807, 2.05) is 37.4 Å². The van der Waals surface area contributed by atoms with Gasteiger partial charge >= 0.3 is 6.18 Å². The number of benzene rings is 3. The quantitative estimate of drug-likeness (QED) is 0.254. The first-order valence-electron chi connectivity index (χ1n) is 14.4. The minimum absolute atomic E-state index is 0.0730. The van der Waals surface area contributed by atoms with Crippen molar-refractivity contribution in [1.82, 2.24) is 4.90 Å². The average Bonchev–Trinajstić information content (AvgIpc) is 3.35. The van der Waals surface area contributed by atoms with Crippen LogP contribution in [0.1, 0.15) is 73.3 Å². The summed E-state index contributed by atoms with van der Waals surface area (Å²) < 4.78 is 45.2. The number of ketones is 1. The molecule has 0 aliphatic heterocycles. The highest BCUT2D eigenvalue weighted by molar-refractivity contribution is 5.89. The van der Waals surface area contributed by atoms with Crippen molar-refractivity contribution < 1.29 is 27.5 Å². The third-order valence-corrected chi connectivity index (χ3v) is 8.74. The smallest absolute Gasteiger partial charge is 0.416 e. The number of halogens is 3. The minimum atomic E-state index is -4.41. The monoisotopic (exact) mass is 563 g/mol. The van der Waals surface area contributed by atoms with Crippen molar-refractivity contribution in [3.63, 3.8) is 0 Å². The van der Waals surface area contributed by atoms with Crippen molar-refractivity contribution in [2.75, 3.05) is 13.6 Å². The lowest BCUT2D eigenvalue weighted by atomic mass is 9.63. The number of ether oxygens (including phenoxy) is 1. The number of likely N-dealkylation sites (N-methyl/N-ethyl adjacent to an activating group) is 1. The molecule has 4 nitrogen and oxygen atoms in total. The van der Waals surface area contributed by atoms with Gasteiger partial charge in [-0.15, -0.1) is 0 Å². The lowest BCUT2D eigenvalue weighted by Crippen LogP contribution is -2.50. The number of rotatable bonds is 10. The zero-order valence-electron chi connectivity index (χ0n) is 23.3. The van der Waals surface area contributed by atoms with E-state index < -0.39 is 23.3 Å². The van der Waals surface area contributed by atoms with E-state index in [0.29, 0.717) is 30.9 Å². The summed E-state index contributed by atoms with van der Waals surface area (Å²) >= 11 is 0. The van der Waals surface area contributed by atoms with Crippen LogP contribution >= 0.6 is 0 Å². The normalized spacial score (nSPS) is 18.9. The number of nitrogens with zero attached hydrogens (tertiary/aromatic N) is 1. The summed E-state index contributed by atoms with van der Waals surface area (Å²) in [6.45, 7) is 0.433. The molecule has 0 spiro atoms. The van der Waals surface area contributed by atoms with Gasteiger partial charge in [-0.2, -0.15) is 13.2 Å². The molecule has 2 atom stereocenters. The number of amides is 1. The van der Waals surface area contributed by atoms with Gasteiger partial charge in [-0.05, 0) is 73.1 Å². The highest BCUT2D eigenvalue weighted by Gasteiger charge is 2.47. The number of hydrogen-bond acceptors (Lipinski definition) is 3. The predicted molar refractivity (Wildman–Crippen MR) is 152 cm³/mol. The van der Waals surface area contributed by atoms with E-state index in [0.717, 1.165) is 67.3 Å².